The first-order valence-electron chi connectivity index (χ1n) is 8.91. The summed E-state index contributed by atoms with van der Waals surface area (Å²) in [7, 11) is 0. The van der Waals surface area contributed by atoms with Crippen molar-refractivity contribution in [3.63, 3.8) is 0 Å². The Morgan fingerprint density at radius 3 is 2.59 bits per heavy atom. The van der Waals surface area contributed by atoms with Crippen LogP contribution in [0.4, 0.5) is 0 Å². The molecule has 0 atom stereocenters. The Bertz CT molecular complexity index is 1130. The summed E-state index contributed by atoms with van der Waals surface area (Å²) in [5, 5.41) is 0.793. The molecule has 1 heterocycles. The predicted octanol–water partition coefficient (Wildman–Crippen LogP) is 6.83. The number of carbonyl (C=O) groups excluding carboxylic acids is 1. The van der Waals surface area contributed by atoms with E-state index in [4.69, 9.17) is 32.7 Å². The molecule has 0 N–H and O–H groups in total. The summed E-state index contributed by atoms with van der Waals surface area (Å²) in [6, 6.07) is 18.3. The van der Waals surface area contributed by atoms with Crippen molar-refractivity contribution in [2.75, 3.05) is 0 Å². The number of hydrogen-bond acceptors (Lipinski definition) is 3. The van der Waals surface area contributed by atoms with Crippen molar-refractivity contribution in [2.24, 2.45) is 0 Å². The standard InChI is InChI=1S/C24H16Cl2O3/c1-2-15-6-8-16(9-7-15)14-28-18-10-11-19-21(13-18)29-22(24(19)27)12-17-4-3-5-20(25)23(17)26/h2-13H,1,14H2. The number of hydrogen-bond donors (Lipinski definition) is 0. The number of Topliss-reactive ketones (excluding diaryl/α,β-unsaturated/α-hetero) is 1. The lowest BCUT2D eigenvalue weighted by Crippen LogP contribution is -1.98. The minimum absolute atomic E-state index is 0.196. The molecule has 3 aromatic rings. The van der Waals surface area contributed by atoms with Gasteiger partial charge in [-0.15, -0.1) is 0 Å². The summed E-state index contributed by atoms with van der Waals surface area (Å²) in [6.07, 6.45) is 3.39. The summed E-state index contributed by atoms with van der Waals surface area (Å²) < 4.78 is 11.6. The predicted molar refractivity (Wildman–Crippen MR) is 117 cm³/mol. The average molecular weight is 423 g/mol. The number of benzene rings is 3. The molecule has 0 fully saturated rings. The van der Waals surface area contributed by atoms with E-state index in [0.717, 1.165) is 11.1 Å². The SMILES string of the molecule is C=Cc1ccc(COc2ccc3c(c2)OC(=Cc2cccc(Cl)c2Cl)C3=O)cc1. The van der Waals surface area contributed by atoms with Gasteiger partial charge in [0.2, 0.25) is 5.78 Å². The molecule has 0 bridgehead atoms. The summed E-state index contributed by atoms with van der Waals surface area (Å²) in [6.45, 7) is 4.15. The van der Waals surface area contributed by atoms with E-state index >= 15 is 0 Å². The van der Waals surface area contributed by atoms with E-state index in [1.807, 2.05) is 24.3 Å². The molecule has 0 unspecified atom stereocenters. The molecule has 0 radical (unpaired) electrons. The maximum atomic E-state index is 12.6. The molecule has 0 saturated heterocycles. The molecular formula is C24H16Cl2O3. The molecular weight excluding hydrogens is 407 g/mol. The Morgan fingerprint density at radius 1 is 1.03 bits per heavy atom. The van der Waals surface area contributed by atoms with Crippen LogP contribution in [0.5, 0.6) is 11.5 Å². The van der Waals surface area contributed by atoms with E-state index in [9.17, 15) is 4.79 Å². The second-order valence-electron chi connectivity index (χ2n) is 6.48. The summed E-state index contributed by atoms with van der Waals surface area (Å²) in [4.78, 5) is 12.6. The van der Waals surface area contributed by atoms with Gasteiger partial charge in [-0.05, 0) is 41.0 Å². The van der Waals surface area contributed by atoms with Gasteiger partial charge in [0, 0.05) is 6.07 Å². The molecule has 1 aliphatic rings. The van der Waals surface area contributed by atoms with Crippen LogP contribution in [0.25, 0.3) is 12.2 Å². The molecule has 3 nitrogen and oxygen atoms in total. The lowest BCUT2D eigenvalue weighted by molar-refractivity contribution is 0.101. The lowest BCUT2D eigenvalue weighted by Gasteiger charge is -2.08. The fourth-order valence-electron chi connectivity index (χ4n) is 2.95. The van der Waals surface area contributed by atoms with E-state index in [1.165, 1.54) is 0 Å². The van der Waals surface area contributed by atoms with Crippen LogP contribution >= 0.6 is 23.2 Å². The number of halogens is 2. The summed E-state index contributed by atoms with van der Waals surface area (Å²) >= 11 is 12.2. The van der Waals surface area contributed by atoms with Crippen LogP contribution in [-0.2, 0) is 6.61 Å². The Labute approximate surface area is 178 Å². The molecule has 0 amide bonds. The molecule has 144 valence electrons. The Hall–Kier alpha value is -3.01. The first-order valence-corrected chi connectivity index (χ1v) is 9.67. The van der Waals surface area contributed by atoms with Gasteiger partial charge in [0.25, 0.3) is 0 Å². The monoisotopic (exact) mass is 422 g/mol. The van der Waals surface area contributed by atoms with Crippen LogP contribution in [0.1, 0.15) is 27.0 Å². The zero-order chi connectivity index (χ0) is 20.4. The van der Waals surface area contributed by atoms with Gasteiger partial charge in [0.1, 0.15) is 18.1 Å². The smallest absolute Gasteiger partial charge is 0.231 e. The molecule has 0 aliphatic carbocycles. The largest absolute Gasteiger partial charge is 0.489 e. The first-order chi connectivity index (χ1) is 14.0. The highest BCUT2D eigenvalue weighted by molar-refractivity contribution is 6.43. The minimum atomic E-state index is -0.206. The lowest BCUT2D eigenvalue weighted by atomic mass is 10.1. The van der Waals surface area contributed by atoms with Gasteiger partial charge >= 0.3 is 0 Å². The topological polar surface area (TPSA) is 35.5 Å². The van der Waals surface area contributed by atoms with Crippen molar-refractivity contribution in [3.05, 3.63) is 105 Å². The second kappa shape index (κ2) is 8.16. The zero-order valence-electron chi connectivity index (χ0n) is 15.3. The van der Waals surface area contributed by atoms with Crippen molar-refractivity contribution in [1.29, 1.82) is 0 Å². The van der Waals surface area contributed by atoms with Gasteiger partial charge in [-0.3, -0.25) is 4.79 Å². The molecule has 4 rings (SSSR count). The van der Waals surface area contributed by atoms with Crippen molar-refractivity contribution >= 4 is 41.1 Å². The van der Waals surface area contributed by atoms with Crippen molar-refractivity contribution in [1.82, 2.24) is 0 Å². The number of carbonyl (C=O) groups is 1. The number of allylic oxidation sites excluding steroid dienone is 1. The molecule has 1 aliphatic heterocycles. The van der Waals surface area contributed by atoms with Crippen LogP contribution in [0.2, 0.25) is 10.0 Å². The maximum Gasteiger partial charge on any atom is 0.231 e. The highest BCUT2D eigenvalue weighted by Crippen LogP contribution is 2.36. The van der Waals surface area contributed by atoms with E-state index in [1.54, 1.807) is 48.6 Å². The molecule has 0 spiro atoms. The third-order valence-electron chi connectivity index (χ3n) is 4.53. The molecule has 3 aromatic carbocycles. The summed E-state index contributed by atoms with van der Waals surface area (Å²) in [5.74, 6) is 1.06. The summed E-state index contributed by atoms with van der Waals surface area (Å²) in [5.41, 5.74) is 3.19. The van der Waals surface area contributed by atoms with E-state index in [0.29, 0.717) is 39.3 Å². The Morgan fingerprint density at radius 2 is 1.83 bits per heavy atom. The fraction of sp³-hybridized carbons (Fsp3) is 0.0417. The third kappa shape index (κ3) is 4.07. The Balaban J connectivity index is 1.51. The van der Waals surface area contributed by atoms with Gasteiger partial charge in [0.15, 0.2) is 5.76 Å². The number of rotatable bonds is 5. The highest BCUT2D eigenvalue weighted by Gasteiger charge is 2.28. The van der Waals surface area contributed by atoms with Crippen molar-refractivity contribution in [3.8, 4) is 11.5 Å². The highest BCUT2D eigenvalue weighted by atomic mass is 35.5. The van der Waals surface area contributed by atoms with Crippen LogP contribution in [-0.4, -0.2) is 5.78 Å². The van der Waals surface area contributed by atoms with Gasteiger partial charge < -0.3 is 9.47 Å². The van der Waals surface area contributed by atoms with E-state index in [-0.39, 0.29) is 11.5 Å². The second-order valence-corrected chi connectivity index (χ2v) is 7.26. The number of fused-ring (bicyclic) bond motifs is 1. The van der Waals surface area contributed by atoms with Crippen LogP contribution in [0.15, 0.2) is 73.0 Å². The number of ether oxygens (including phenoxy) is 2. The van der Waals surface area contributed by atoms with Crippen LogP contribution < -0.4 is 9.47 Å². The van der Waals surface area contributed by atoms with Crippen molar-refractivity contribution < 1.29 is 14.3 Å². The maximum absolute atomic E-state index is 12.6. The molecule has 0 saturated carbocycles. The van der Waals surface area contributed by atoms with E-state index < -0.39 is 0 Å². The molecule has 5 heteroatoms. The fourth-order valence-corrected chi connectivity index (χ4v) is 3.31. The number of ketones is 1. The zero-order valence-corrected chi connectivity index (χ0v) is 16.8. The third-order valence-corrected chi connectivity index (χ3v) is 5.36. The van der Waals surface area contributed by atoms with Gasteiger partial charge in [-0.2, -0.15) is 0 Å². The van der Waals surface area contributed by atoms with Crippen LogP contribution in [0.3, 0.4) is 0 Å². The first kappa shape index (κ1) is 19.3. The van der Waals surface area contributed by atoms with Gasteiger partial charge in [0.05, 0.1) is 15.6 Å². The Kier molecular flexibility index (Phi) is 5.43. The minimum Gasteiger partial charge on any atom is -0.489 e. The van der Waals surface area contributed by atoms with Crippen molar-refractivity contribution in [2.45, 2.75) is 6.61 Å². The normalized spacial score (nSPS) is 13.9. The van der Waals surface area contributed by atoms with E-state index in [2.05, 4.69) is 6.58 Å². The molecule has 29 heavy (non-hydrogen) atoms. The quantitative estimate of drug-likeness (QED) is 0.422. The van der Waals surface area contributed by atoms with Gasteiger partial charge in [-0.1, -0.05) is 72.3 Å². The molecule has 0 aromatic heterocycles. The average Bonchev–Trinajstić information content (AvgIpc) is 3.05. The van der Waals surface area contributed by atoms with Crippen LogP contribution in [0, 0.1) is 0 Å². The van der Waals surface area contributed by atoms with Gasteiger partial charge in [-0.25, -0.2) is 0 Å².